The Morgan fingerprint density at radius 1 is 0.947 bits per heavy atom. The van der Waals surface area contributed by atoms with Crippen molar-refractivity contribution in [2.45, 2.75) is 31.9 Å². The summed E-state index contributed by atoms with van der Waals surface area (Å²) in [6, 6.07) is 19.0. The predicted octanol–water partition coefficient (Wildman–Crippen LogP) is 4.43. The highest BCUT2D eigenvalue weighted by atomic mass is 16.5. The lowest BCUT2D eigenvalue weighted by atomic mass is 10.0. The van der Waals surface area contributed by atoms with Gasteiger partial charge in [0.2, 0.25) is 11.7 Å². The SMILES string of the molecule is COc1cc(COc2cccc(CCC(=O)NC(CO)Cc3c[nH]c4ccccc34)c2)cc(OC)c1OC. The van der Waals surface area contributed by atoms with Crippen LogP contribution in [0.25, 0.3) is 10.9 Å². The Labute approximate surface area is 222 Å². The van der Waals surface area contributed by atoms with Crippen LogP contribution in [0.3, 0.4) is 0 Å². The van der Waals surface area contributed by atoms with E-state index in [0.29, 0.717) is 48.9 Å². The third-order valence-corrected chi connectivity index (χ3v) is 6.40. The number of hydrogen-bond acceptors (Lipinski definition) is 6. The zero-order valence-electron chi connectivity index (χ0n) is 22.0. The van der Waals surface area contributed by atoms with Crippen molar-refractivity contribution in [2.75, 3.05) is 27.9 Å². The second-order valence-electron chi connectivity index (χ2n) is 8.98. The highest BCUT2D eigenvalue weighted by Crippen LogP contribution is 2.38. The van der Waals surface area contributed by atoms with E-state index in [1.165, 1.54) is 0 Å². The van der Waals surface area contributed by atoms with Gasteiger partial charge in [-0.15, -0.1) is 0 Å². The van der Waals surface area contributed by atoms with Gasteiger partial charge < -0.3 is 34.4 Å². The van der Waals surface area contributed by atoms with Crippen molar-refractivity contribution in [3.05, 3.63) is 83.6 Å². The number of nitrogens with one attached hydrogen (secondary N) is 2. The third kappa shape index (κ3) is 6.58. The van der Waals surface area contributed by atoms with E-state index in [4.69, 9.17) is 18.9 Å². The fraction of sp³-hybridized carbons (Fsp3) is 0.300. The minimum atomic E-state index is -0.352. The van der Waals surface area contributed by atoms with E-state index in [1.54, 1.807) is 21.3 Å². The number of rotatable bonds is 13. The predicted molar refractivity (Wildman–Crippen MR) is 146 cm³/mol. The molecule has 0 aliphatic carbocycles. The van der Waals surface area contributed by atoms with Gasteiger partial charge in [0.05, 0.1) is 34.0 Å². The van der Waals surface area contributed by atoms with Crippen LogP contribution in [0.15, 0.2) is 66.9 Å². The van der Waals surface area contributed by atoms with Crippen molar-refractivity contribution >= 4 is 16.8 Å². The van der Waals surface area contributed by atoms with E-state index >= 15 is 0 Å². The number of carbonyl (C=O) groups excluding carboxylic acids is 1. The maximum Gasteiger partial charge on any atom is 0.220 e. The van der Waals surface area contributed by atoms with Gasteiger partial charge in [0.1, 0.15) is 12.4 Å². The number of H-pyrrole nitrogens is 1. The van der Waals surface area contributed by atoms with Gasteiger partial charge in [0, 0.05) is 23.5 Å². The van der Waals surface area contributed by atoms with E-state index in [1.807, 2.05) is 66.9 Å². The van der Waals surface area contributed by atoms with Gasteiger partial charge in [-0.2, -0.15) is 0 Å². The lowest BCUT2D eigenvalue weighted by Crippen LogP contribution is -2.39. The van der Waals surface area contributed by atoms with Crippen molar-refractivity contribution in [3.8, 4) is 23.0 Å². The van der Waals surface area contributed by atoms with Gasteiger partial charge in [-0.05, 0) is 59.9 Å². The molecule has 8 heteroatoms. The molecular weight excluding hydrogens is 484 g/mol. The maximum atomic E-state index is 12.7. The lowest BCUT2D eigenvalue weighted by molar-refractivity contribution is -0.122. The first-order valence-electron chi connectivity index (χ1n) is 12.5. The van der Waals surface area contributed by atoms with Crippen molar-refractivity contribution in [1.82, 2.24) is 10.3 Å². The first-order valence-corrected chi connectivity index (χ1v) is 12.5. The number of hydrogen-bond donors (Lipinski definition) is 3. The second kappa shape index (κ2) is 12.9. The number of aromatic nitrogens is 1. The topological polar surface area (TPSA) is 102 Å². The van der Waals surface area contributed by atoms with Crippen LogP contribution < -0.4 is 24.3 Å². The average molecular weight is 519 g/mol. The van der Waals surface area contributed by atoms with Crippen molar-refractivity contribution in [3.63, 3.8) is 0 Å². The Morgan fingerprint density at radius 2 is 1.71 bits per heavy atom. The van der Waals surface area contributed by atoms with Crippen LogP contribution in [0.1, 0.15) is 23.1 Å². The van der Waals surface area contributed by atoms with Gasteiger partial charge in [-0.3, -0.25) is 4.79 Å². The van der Waals surface area contributed by atoms with Gasteiger partial charge in [0.15, 0.2) is 11.5 Å². The fourth-order valence-electron chi connectivity index (χ4n) is 4.46. The average Bonchev–Trinajstić information content (AvgIpc) is 3.36. The van der Waals surface area contributed by atoms with Crippen LogP contribution in [0, 0.1) is 0 Å². The van der Waals surface area contributed by atoms with Gasteiger partial charge in [-0.25, -0.2) is 0 Å². The number of aromatic amines is 1. The molecule has 1 atom stereocenters. The number of methoxy groups -OCH3 is 3. The Kier molecular flexibility index (Phi) is 9.11. The molecule has 0 spiro atoms. The number of amides is 1. The van der Waals surface area contributed by atoms with Crippen LogP contribution in [0.4, 0.5) is 0 Å². The number of aliphatic hydroxyl groups excluding tert-OH is 1. The highest BCUT2D eigenvalue weighted by molar-refractivity contribution is 5.83. The number of ether oxygens (including phenoxy) is 4. The molecule has 3 aromatic carbocycles. The Balaban J connectivity index is 1.31. The molecule has 0 radical (unpaired) electrons. The molecule has 200 valence electrons. The normalized spacial score (nSPS) is 11.7. The quantitative estimate of drug-likeness (QED) is 0.242. The molecule has 8 nitrogen and oxygen atoms in total. The summed E-state index contributed by atoms with van der Waals surface area (Å²) in [5.74, 6) is 2.26. The molecule has 0 aliphatic rings. The zero-order valence-corrected chi connectivity index (χ0v) is 22.0. The monoisotopic (exact) mass is 518 g/mol. The van der Waals surface area contributed by atoms with Crippen molar-refractivity contribution < 1.29 is 28.8 Å². The smallest absolute Gasteiger partial charge is 0.220 e. The molecule has 0 bridgehead atoms. The van der Waals surface area contributed by atoms with Crippen LogP contribution in [-0.4, -0.2) is 50.0 Å². The molecule has 0 fully saturated rings. The summed E-state index contributed by atoms with van der Waals surface area (Å²) in [7, 11) is 4.72. The van der Waals surface area contributed by atoms with Gasteiger partial charge in [-0.1, -0.05) is 30.3 Å². The summed E-state index contributed by atoms with van der Waals surface area (Å²) < 4.78 is 22.2. The molecule has 0 saturated carbocycles. The maximum absolute atomic E-state index is 12.7. The van der Waals surface area contributed by atoms with Crippen LogP contribution in [0.2, 0.25) is 0 Å². The van der Waals surface area contributed by atoms with Crippen molar-refractivity contribution in [2.24, 2.45) is 0 Å². The number of carbonyl (C=O) groups is 1. The van der Waals surface area contributed by atoms with E-state index in [-0.39, 0.29) is 18.6 Å². The molecule has 1 amide bonds. The minimum Gasteiger partial charge on any atom is -0.493 e. The minimum absolute atomic E-state index is 0.104. The number of aliphatic hydroxyl groups is 1. The summed E-state index contributed by atoms with van der Waals surface area (Å²) >= 11 is 0. The first kappa shape index (κ1) is 26.9. The van der Waals surface area contributed by atoms with Gasteiger partial charge >= 0.3 is 0 Å². The largest absolute Gasteiger partial charge is 0.493 e. The second-order valence-corrected chi connectivity index (χ2v) is 8.98. The van der Waals surface area contributed by atoms with Gasteiger partial charge in [0.25, 0.3) is 0 Å². The highest BCUT2D eigenvalue weighted by Gasteiger charge is 2.16. The molecule has 1 heterocycles. The summed E-state index contributed by atoms with van der Waals surface area (Å²) in [5.41, 5.74) is 3.96. The standard InChI is InChI=1S/C30H34N2O6/c1-35-27-14-21(15-28(36-2)30(27)37-3)19-38-24-8-6-7-20(13-24)11-12-29(34)32-23(18-33)16-22-17-31-26-10-5-4-9-25(22)26/h4-10,13-15,17,23,31,33H,11-12,16,18-19H2,1-3H3,(H,32,34). The summed E-state index contributed by atoms with van der Waals surface area (Å²) in [6.45, 7) is 0.183. The molecule has 4 aromatic rings. The molecule has 38 heavy (non-hydrogen) atoms. The molecular formula is C30H34N2O6. The molecule has 0 saturated heterocycles. The third-order valence-electron chi connectivity index (χ3n) is 6.40. The van der Waals surface area contributed by atoms with Crippen LogP contribution in [-0.2, 0) is 24.2 Å². The summed E-state index contributed by atoms with van der Waals surface area (Å²) in [5, 5.41) is 13.9. The molecule has 4 rings (SSSR count). The number of para-hydroxylation sites is 1. The number of aryl methyl sites for hydroxylation is 1. The van der Waals surface area contributed by atoms with E-state index in [0.717, 1.165) is 27.6 Å². The fourth-order valence-corrected chi connectivity index (χ4v) is 4.46. The van der Waals surface area contributed by atoms with E-state index in [9.17, 15) is 9.90 Å². The number of fused-ring (bicyclic) bond motifs is 1. The summed E-state index contributed by atoms with van der Waals surface area (Å²) in [6.07, 6.45) is 3.35. The molecule has 3 N–H and O–H groups in total. The Bertz CT molecular complexity index is 1340. The Morgan fingerprint density at radius 3 is 2.42 bits per heavy atom. The molecule has 1 aromatic heterocycles. The lowest BCUT2D eigenvalue weighted by Gasteiger charge is -2.16. The van der Waals surface area contributed by atoms with E-state index < -0.39 is 0 Å². The molecule has 1 unspecified atom stereocenters. The first-order chi connectivity index (χ1) is 18.5. The van der Waals surface area contributed by atoms with Crippen LogP contribution in [0.5, 0.6) is 23.0 Å². The van der Waals surface area contributed by atoms with E-state index in [2.05, 4.69) is 10.3 Å². The Hall–Kier alpha value is -4.17. The number of benzene rings is 3. The van der Waals surface area contributed by atoms with Crippen LogP contribution >= 0.6 is 0 Å². The molecule has 0 aliphatic heterocycles. The van der Waals surface area contributed by atoms with Crippen molar-refractivity contribution in [1.29, 1.82) is 0 Å². The zero-order chi connectivity index (χ0) is 26.9. The summed E-state index contributed by atoms with van der Waals surface area (Å²) in [4.78, 5) is 15.9.